The Labute approximate surface area is 105 Å². The van der Waals surface area contributed by atoms with Gasteiger partial charge < -0.3 is 4.74 Å². The van der Waals surface area contributed by atoms with Gasteiger partial charge in [0.1, 0.15) is 24.4 Å². The molecular formula is C10H12BF2NO3S. The molecule has 1 heterocycles. The lowest BCUT2D eigenvalue weighted by molar-refractivity contribution is 0.358. The molecule has 1 aromatic rings. The molecule has 1 aliphatic rings. The highest BCUT2D eigenvalue weighted by Crippen LogP contribution is 2.20. The Kier molecular flexibility index (Phi) is 3.44. The molecule has 0 bridgehead atoms. The largest absolute Gasteiger partial charge is 0.372 e. The average Bonchev–Trinajstić information content (AvgIpc) is 3.07. The quantitative estimate of drug-likeness (QED) is 0.536. The van der Waals surface area contributed by atoms with Crippen LogP contribution in [0.25, 0.3) is 0 Å². The van der Waals surface area contributed by atoms with E-state index in [9.17, 15) is 17.2 Å². The monoisotopic (exact) mass is 275 g/mol. The Morgan fingerprint density at radius 3 is 2.61 bits per heavy atom. The summed E-state index contributed by atoms with van der Waals surface area (Å²) in [5, 5.41) is 0. The first-order chi connectivity index (χ1) is 8.32. The molecule has 0 amide bonds. The van der Waals surface area contributed by atoms with E-state index in [0.29, 0.717) is 12.7 Å². The molecule has 1 aromatic carbocycles. The van der Waals surface area contributed by atoms with Crippen LogP contribution in [0, 0.1) is 11.6 Å². The standard InChI is InChI=1S/C10H12BF2NO3S/c1-14(4-6-5-17-6)18(15,16)10-3-8(12)7(11)2-9(10)13/h2-3,6H,4-5,11H2,1H3/t6-/m0/s1. The van der Waals surface area contributed by atoms with Gasteiger partial charge in [0.2, 0.25) is 10.0 Å². The molecule has 2 rings (SSSR count). The van der Waals surface area contributed by atoms with Crippen LogP contribution in [0.2, 0.25) is 0 Å². The van der Waals surface area contributed by atoms with Crippen LogP contribution in [-0.4, -0.2) is 46.9 Å². The third-order valence-electron chi connectivity index (χ3n) is 2.76. The van der Waals surface area contributed by atoms with Crippen LogP contribution >= 0.6 is 0 Å². The number of benzene rings is 1. The Morgan fingerprint density at radius 1 is 1.44 bits per heavy atom. The van der Waals surface area contributed by atoms with Gasteiger partial charge >= 0.3 is 0 Å². The second-order valence-electron chi connectivity index (χ2n) is 4.27. The third kappa shape index (κ3) is 2.55. The van der Waals surface area contributed by atoms with Crippen LogP contribution in [0.15, 0.2) is 17.0 Å². The van der Waals surface area contributed by atoms with Crippen molar-refractivity contribution in [1.29, 1.82) is 0 Å². The van der Waals surface area contributed by atoms with E-state index in [-0.39, 0.29) is 18.1 Å². The highest BCUT2D eigenvalue weighted by atomic mass is 32.2. The number of likely N-dealkylation sites (N-methyl/N-ethyl adjacent to an activating group) is 1. The topological polar surface area (TPSA) is 49.9 Å². The number of hydrogen-bond acceptors (Lipinski definition) is 3. The van der Waals surface area contributed by atoms with Gasteiger partial charge in [-0.25, -0.2) is 17.2 Å². The molecule has 0 spiro atoms. The maximum atomic E-state index is 13.6. The van der Waals surface area contributed by atoms with E-state index in [0.717, 1.165) is 10.4 Å². The van der Waals surface area contributed by atoms with Gasteiger partial charge in [0, 0.05) is 13.6 Å². The summed E-state index contributed by atoms with van der Waals surface area (Å²) < 4.78 is 57.0. The third-order valence-corrected chi connectivity index (χ3v) is 4.60. The summed E-state index contributed by atoms with van der Waals surface area (Å²) in [5.41, 5.74) is 0.0691. The molecule has 1 fully saturated rings. The van der Waals surface area contributed by atoms with Gasteiger partial charge in [-0.05, 0) is 12.1 Å². The maximum absolute atomic E-state index is 13.6. The fraction of sp³-hybridized carbons (Fsp3) is 0.400. The van der Waals surface area contributed by atoms with E-state index >= 15 is 0 Å². The van der Waals surface area contributed by atoms with Gasteiger partial charge in [-0.15, -0.1) is 0 Å². The minimum atomic E-state index is -4.03. The van der Waals surface area contributed by atoms with Crippen LogP contribution in [-0.2, 0) is 14.8 Å². The highest BCUT2D eigenvalue weighted by Gasteiger charge is 2.32. The van der Waals surface area contributed by atoms with E-state index < -0.39 is 26.6 Å². The summed E-state index contributed by atoms with van der Waals surface area (Å²) in [6.45, 7) is 0.627. The van der Waals surface area contributed by atoms with Crippen molar-refractivity contribution in [2.75, 3.05) is 20.2 Å². The summed E-state index contributed by atoms with van der Waals surface area (Å²) in [6.07, 6.45) is -0.150. The number of nitrogens with zero attached hydrogens (tertiary/aromatic N) is 1. The zero-order chi connectivity index (χ0) is 13.5. The van der Waals surface area contributed by atoms with Crippen molar-refractivity contribution in [3.8, 4) is 0 Å². The van der Waals surface area contributed by atoms with E-state index in [4.69, 9.17) is 4.74 Å². The number of sulfonamides is 1. The lowest BCUT2D eigenvalue weighted by atomic mass is 9.96. The number of ether oxygens (including phenoxy) is 1. The molecule has 0 N–H and O–H groups in total. The second-order valence-corrected chi connectivity index (χ2v) is 6.29. The Hall–Kier alpha value is -0.985. The van der Waals surface area contributed by atoms with Crippen molar-refractivity contribution in [3.05, 3.63) is 23.8 Å². The molecule has 8 heteroatoms. The van der Waals surface area contributed by atoms with Crippen LogP contribution < -0.4 is 5.46 Å². The van der Waals surface area contributed by atoms with Crippen molar-refractivity contribution < 1.29 is 21.9 Å². The minimum absolute atomic E-state index is 0.0691. The molecule has 98 valence electrons. The van der Waals surface area contributed by atoms with Crippen LogP contribution in [0.5, 0.6) is 0 Å². The lowest BCUT2D eigenvalue weighted by Crippen LogP contribution is -2.31. The molecule has 1 aliphatic heterocycles. The van der Waals surface area contributed by atoms with Crippen LogP contribution in [0.3, 0.4) is 0 Å². The first-order valence-corrected chi connectivity index (χ1v) is 6.80. The smallest absolute Gasteiger partial charge is 0.245 e. The molecule has 18 heavy (non-hydrogen) atoms. The molecule has 4 nitrogen and oxygen atoms in total. The van der Waals surface area contributed by atoms with Crippen molar-refractivity contribution in [3.63, 3.8) is 0 Å². The molecule has 0 radical (unpaired) electrons. The summed E-state index contributed by atoms with van der Waals surface area (Å²) >= 11 is 0. The van der Waals surface area contributed by atoms with Gasteiger partial charge in [0.25, 0.3) is 0 Å². The molecular weight excluding hydrogens is 263 g/mol. The van der Waals surface area contributed by atoms with Crippen molar-refractivity contribution in [2.24, 2.45) is 0 Å². The van der Waals surface area contributed by atoms with Gasteiger partial charge in [-0.1, -0.05) is 5.46 Å². The van der Waals surface area contributed by atoms with Crippen LogP contribution in [0.4, 0.5) is 8.78 Å². The maximum Gasteiger partial charge on any atom is 0.245 e. The zero-order valence-electron chi connectivity index (χ0n) is 9.98. The van der Waals surface area contributed by atoms with E-state index in [1.165, 1.54) is 14.9 Å². The normalized spacial score (nSPS) is 19.2. The molecule has 0 aromatic heterocycles. The summed E-state index contributed by atoms with van der Waals surface area (Å²) in [7, 11) is -1.34. The number of epoxide rings is 1. The van der Waals surface area contributed by atoms with Gasteiger partial charge in [-0.2, -0.15) is 4.31 Å². The Morgan fingerprint density at radius 2 is 2.06 bits per heavy atom. The first kappa shape index (κ1) is 13.4. The summed E-state index contributed by atoms with van der Waals surface area (Å²) in [6, 6.07) is 1.59. The molecule has 0 aliphatic carbocycles. The average molecular weight is 275 g/mol. The molecule has 1 atom stereocenters. The first-order valence-electron chi connectivity index (χ1n) is 5.36. The van der Waals surface area contributed by atoms with E-state index in [1.807, 2.05) is 0 Å². The zero-order valence-corrected chi connectivity index (χ0v) is 10.8. The SMILES string of the molecule is Bc1cc(F)c(S(=O)(=O)N(C)C[C@H]2CO2)cc1F. The summed E-state index contributed by atoms with van der Waals surface area (Å²) in [4.78, 5) is -0.645. The van der Waals surface area contributed by atoms with Gasteiger partial charge in [0.15, 0.2) is 0 Å². The lowest BCUT2D eigenvalue weighted by Gasteiger charge is -2.16. The Bertz CT molecular complexity index is 575. The summed E-state index contributed by atoms with van der Waals surface area (Å²) in [5.74, 6) is -1.69. The predicted octanol–water partition coefficient (Wildman–Crippen LogP) is -0.757. The fourth-order valence-corrected chi connectivity index (χ4v) is 2.81. The van der Waals surface area contributed by atoms with Gasteiger partial charge in [-0.3, -0.25) is 0 Å². The fourth-order valence-electron chi connectivity index (χ4n) is 1.55. The number of rotatable bonds is 4. The van der Waals surface area contributed by atoms with E-state index in [2.05, 4.69) is 0 Å². The van der Waals surface area contributed by atoms with Crippen molar-refractivity contribution in [1.82, 2.24) is 4.31 Å². The van der Waals surface area contributed by atoms with Crippen LogP contribution in [0.1, 0.15) is 0 Å². The van der Waals surface area contributed by atoms with Crippen molar-refractivity contribution in [2.45, 2.75) is 11.0 Å². The Balaban J connectivity index is 2.36. The molecule has 1 saturated heterocycles. The second kappa shape index (κ2) is 4.60. The molecule has 0 unspecified atom stereocenters. The number of hydrogen-bond donors (Lipinski definition) is 0. The van der Waals surface area contributed by atoms with E-state index in [1.54, 1.807) is 0 Å². The van der Waals surface area contributed by atoms with Gasteiger partial charge in [0.05, 0.1) is 12.7 Å². The molecule has 0 saturated carbocycles. The highest BCUT2D eigenvalue weighted by molar-refractivity contribution is 7.89. The predicted molar refractivity (Wildman–Crippen MR) is 64.1 cm³/mol. The van der Waals surface area contributed by atoms with Crippen molar-refractivity contribution >= 4 is 23.3 Å². The number of halogens is 2. The minimum Gasteiger partial charge on any atom is -0.372 e.